The van der Waals surface area contributed by atoms with Gasteiger partial charge < -0.3 is 10.2 Å². The fourth-order valence-corrected chi connectivity index (χ4v) is 2.89. The van der Waals surface area contributed by atoms with E-state index in [0.29, 0.717) is 6.04 Å². The minimum atomic E-state index is 0.589. The Morgan fingerprint density at radius 3 is 2.94 bits per heavy atom. The lowest BCUT2D eigenvalue weighted by Gasteiger charge is -2.21. The molecule has 0 bridgehead atoms. The highest BCUT2D eigenvalue weighted by Crippen LogP contribution is 2.29. The standard InChI is InChI=1S/C15H23BrN2/c1-11(2)17-9-13-6-7-18(10-13)15-8-14(16)5-4-12(15)3/h4-5,8,11,13,17H,6-7,9-10H2,1-3H3. The van der Waals surface area contributed by atoms with Crippen LogP contribution >= 0.6 is 15.9 Å². The van der Waals surface area contributed by atoms with Gasteiger partial charge in [0, 0.05) is 29.3 Å². The van der Waals surface area contributed by atoms with Crippen molar-refractivity contribution in [3.05, 3.63) is 28.2 Å². The summed E-state index contributed by atoms with van der Waals surface area (Å²) in [6, 6.07) is 7.14. The number of benzene rings is 1. The molecule has 0 saturated carbocycles. The van der Waals surface area contributed by atoms with E-state index in [1.807, 2.05) is 0 Å². The molecule has 1 aromatic rings. The minimum absolute atomic E-state index is 0.589. The van der Waals surface area contributed by atoms with E-state index in [9.17, 15) is 0 Å². The first-order valence-electron chi connectivity index (χ1n) is 6.80. The van der Waals surface area contributed by atoms with E-state index in [4.69, 9.17) is 0 Å². The second-order valence-electron chi connectivity index (χ2n) is 5.59. The Balaban J connectivity index is 1.97. The Morgan fingerprint density at radius 2 is 2.22 bits per heavy atom. The van der Waals surface area contributed by atoms with Gasteiger partial charge in [0.25, 0.3) is 0 Å². The molecule has 2 rings (SSSR count). The lowest BCUT2D eigenvalue weighted by atomic mass is 10.1. The highest BCUT2D eigenvalue weighted by atomic mass is 79.9. The van der Waals surface area contributed by atoms with Gasteiger partial charge in [-0.1, -0.05) is 35.8 Å². The average molecular weight is 311 g/mol. The van der Waals surface area contributed by atoms with Crippen LogP contribution in [0.4, 0.5) is 5.69 Å². The summed E-state index contributed by atoms with van der Waals surface area (Å²) in [6.07, 6.45) is 1.30. The maximum Gasteiger partial charge on any atom is 0.0407 e. The van der Waals surface area contributed by atoms with E-state index in [2.05, 4.69) is 65.1 Å². The van der Waals surface area contributed by atoms with E-state index in [-0.39, 0.29) is 0 Å². The van der Waals surface area contributed by atoms with Gasteiger partial charge in [-0.3, -0.25) is 0 Å². The molecule has 1 aromatic carbocycles. The summed E-state index contributed by atoms with van der Waals surface area (Å²) in [4.78, 5) is 2.52. The number of rotatable bonds is 4. The van der Waals surface area contributed by atoms with Crippen LogP contribution < -0.4 is 10.2 Å². The average Bonchev–Trinajstić information content (AvgIpc) is 2.78. The lowest BCUT2D eigenvalue weighted by molar-refractivity contribution is 0.480. The largest absolute Gasteiger partial charge is 0.371 e. The second-order valence-corrected chi connectivity index (χ2v) is 6.51. The van der Waals surface area contributed by atoms with Crippen molar-refractivity contribution in [1.29, 1.82) is 0 Å². The number of aryl methyl sites for hydroxylation is 1. The fraction of sp³-hybridized carbons (Fsp3) is 0.600. The third kappa shape index (κ3) is 3.48. The quantitative estimate of drug-likeness (QED) is 0.914. The topological polar surface area (TPSA) is 15.3 Å². The zero-order valence-corrected chi connectivity index (χ0v) is 13.1. The van der Waals surface area contributed by atoms with Crippen LogP contribution in [0, 0.1) is 12.8 Å². The van der Waals surface area contributed by atoms with E-state index in [1.165, 1.54) is 35.2 Å². The van der Waals surface area contributed by atoms with Gasteiger partial charge in [0.2, 0.25) is 0 Å². The second kappa shape index (κ2) is 6.07. The van der Waals surface area contributed by atoms with Gasteiger partial charge in [-0.05, 0) is 43.5 Å². The molecule has 1 fully saturated rings. The normalized spacial score (nSPS) is 19.8. The van der Waals surface area contributed by atoms with Gasteiger partial charge in [0.1, 0.15) is 0 Å². The molecule has 18 heavy (non-hydrogen) atoms. The molecule has 1 aliphatic rings. The van der Waals surface area contributed by atoms with Crippen LogP contribution in [0.3, 0.4) is 0 Å². The van der Waals surface area contributed by atoms with Crippen LogP contribution in [-0.4, -0.2) is 25.7 Å². The molecular weight excluding hydrogens is 288 g/mol. The molecular formula is C15H23BrN2. The molecule has 3 heteroatoms. The van der Waals surface area contributed by atoms with E-state index < -0.39 is 0 Å². The third-order valence-corrected chi connectivity index (χ3v) is 4.11. The smallest absolute Gasteiger partial charge is 0.0407 e. The summed E-state index contributed by atoms with van der Waals surface area (Å²) >= 11 is 3.57. The van der Waals surface area contributed by atoms with Crippen molar-refractivity contribution in [3.8, 4) is 0 Å². The first-order chi connectivity index (χ1) is 8.56. The Hall–Kier alpha value is -0.540. The van der Waals surface area contributed by atoms with Crippen LogP contribution in [0.1, 0.15) is 25.8 Å². The van der Waals surface area contributed by atoms with Gasteiger partial charge in [-0.25, -0.2) is 0 Å². The lowest BCUT2D eigenvalue weighted by Crippen LogP contribution is -2.30. The maximum absolute atomic E-state index is 3.57. The van der Waals surface area contributed by atoms with Crippen LogP contribution in [0.25, 0.3) is 0 Å². The minimum Gasteiger partial charge on any atom is -0.371 e. The fourth-order valence-electron chi connectivity index (χ4n) is 2.54. The first kappa shape index (κ1) is 13.9. The van der Waals surface area contributed by atoms with Crippen molar-refractivity contribution in [3.63, 3.8) is 0 Å². The van der Waals surface area contributed by atoms with Crippen molar-refractivity contribution < 1.29 is 0 Å². The van der Waals surface area contributed by atoms with E-state index in [0.717, 1.165) is 12.5 Å². The molecule has 0 aliphatic carbocycles. The zero-order valence-electron chi connectivity index (χ0n) is 11.5. The Bertz CT molecular complexity index is 403. The molecule has 0 spiro atoms. The van der Waals surface area contributed by atoms with Gasteiger partial charge in [0.05, 0.1) is 0 Å². The molecule has 2 nitrogen and oxygen atoms in total. The maximum atomic E-state index is 3.57. The number of nitrogens with zero attached hydrogens (tertiary/aromatic N) is 1. The Labute approximate surface area is 119 Å². The predicted octanol–water partition coefficient (Wildman–Crippen LogP) is 3.58. The van der Waals surface area contributed by atoms with E-state index >= 15 is 0 Å². The first-order valence-corrected chi connectivity index (χ1v) is 7.60. The van der Waals surface area contributed by atoms with Crippen molar-refractivity contribution in [2.45, 2.75) is 33.2 Å². The highest BCUT2D eigenvalue weighted by Gasteiger charge is 2.23. The number of hydrogen-bond acceptors (Lipinski definition) is 2. The molecule has 0 radical (unpaired) electrons. The third-order valence-electron chi connectivity index (χ3n) is 3.61. The molecule has 1 unspecified atom stereocenters. The summed E-state index contributed by atoms with van der Waals surface area (Å²) < 4.78 is 1.17. The summed E-state index contributed by atoms with van der Waals surface area (Å²) in [5, 5.41) is 3.55. The number of halogens is 1. The summed E-state index contributed by atoms with van der Waals surface area (Å²) in [6.45, 7) is 10.1. The van der Waals surface area contributed by atoms with Crippen molar-refractivity contribution in [2.24, 2.45) is 5.92 Å². The van der Waals surface area contributed by atoms with Crippen LogP contribution in [0.5, 0.6) is 0 Å². The number of anilines is 1. The summed E-state index contributed by atoms with van der Waals surface area (Å²) in [5.41, 5.74) is 2.76. The summed E-state index contributed by atoms with van der Waals surface area (Å²) in [5.74, 6) is 0.783. The number of hydrogen-bond donors (Lipinski definition) is 1. The van der Waals surface area contributed by atoms with Crippen molar-refractivity contribution in [1.82, 2.24) is 5.32 Å². The Morgan fingerprint density at radius 1 is 1.44 bits per heavy atom. The molecule has 1 N–H and O–H groups in total. The SMILES string of the molecule is Cc1ccc(Br)cc1N1CCC(CNC(C)C)C1. The highest BCUT2D eigenvalue weighted by molar-refractivity contribution is 9.10. The van der Waals surface area contributed by atoms with E-state index in [1.54, 1.807) is 0 Å². The predicted molar refractivity (Wildman–Crippen MR) is 82.3 cm³/mol. The molecule has 1 heterocycles. The monoisotopic (exact) mass is 310 g/mol. The van der Waals surface area contributed by atoms with Gasteiger partial charge in [-0.15, -0.1) is 0 Å². The zero-order chi connectivity index (χ0) is 13.1. The molecule has 0 amide bonds. The van der Waals surface area contributed by atoms with Gasteiger partial charge >= 0.3 is 0 Å². The van der Waals surface area contributed by atoms with Crippen molar-refractivity contribution >= 4 is 21.6 Å². The molecule has 0 aromatic heterocycles. The van der Waals surface area contributed by atoms with Crippen LogP contribution in [0.2, 0.25) is 0 Å². The van der Waals surface area contributed by atoms with Gasteiger partial charge in [-0.2, -0.15) is 0 Å². The molecule has 1 saturated heterocycles. The van der Waals surface area contributed by atoms with Crippen molar-refractivity contribution in [2.75, 3.05) is 24.5 Å². The number of nitrogens with one attached hydrogen (secondary N) is 1. The molecule has 1 atom stereocenters. The van der Waals surface area contributed by atoms with Crippen LogP contribution in [-0.2, 0) is 0 Å². The Kier molecular flexibility index (Phi) is 4.68. The summed E-state index contributed by atoms with van der Waals surface area (Å²) in [7, 11) is 0. The molecule has 100 valence electrons. The molecule has 1 aliphatic heterocycles. The van der Waals surface area contributed by atoms with Crippen LogP contribution in [0.15, 0.2) is 22.7 Å². The van der Waals surface area contributed by atoms with Gasteiger partial charge in [0.15, 0.2) is 0 Å².